The van der Waals surface area contributed by atoms with Crippen molar-refractivity contribution in [3.63, 3.8) is 0 Å². The van der Waals surface area contributed by atoms with Crippen molar-refractivity contribution in [2.45, 2.75) is 19.6 Å². The van der Waals surface area contributed by atoms with Crippen LogP contribution in [-0.4, -0.2) is 14.5 Å². The van der Waals surface area contributed by atoms with Gasteiger partial charge in [-0.05, 0) is 71.3 Å². The summed E-state index contributed by atoms with van der Waals surface area (Å²) in [6.45, 7) is 1.62. The molecule has 6 rings (SSSR count). The molecule has 0 fully saturated rings. The van der Waals surface area contributed by atoms with Gasteiger partial charge in [-0.15, -0.1) is 0 Å². The summed E-state index contributed by atoms with van der Waals surface area (Å²) in [6.07, 6.45) is 5.72. The monoisotopic (exact) mass is 536 g/mol. The lowest BCUT2D eigenvalue weighted by molar-refractivity contribution is 0.628. The summed E-state index contributed by atoms with van der Waals surface area (Å²) in [5.74, 6) is -0.856. The Morgan fingerprint density at radius 2 is 1.07 bits per heavy atom. The maximum Gasteiger partial charge on any atom is 0.132 e. The molecule has 200 valence electrons. The summed E-state index contributed by atoms with van der Waals surface area (Å²) in [4.78, 5) is 6.31. The van der Waals surface area contributed by atoms with Crippen molar-refractivity contribution in [3.05, 3.63) is 144 Å². The first-order valence-electron chi connectivity index (χ1n) is 13.0. The molecule has 7 heteroatoms. The number of aromatic nitrogens is 3. The SMILES string of the molecule is Fc1ccccc1-c1cc(CNCc2cc(-c3ccccc3F)n(Cc3c[nH]c(-c4ccccc4F)c3)c2)c[nH]1. The molecule has 0 bridgehead atoms. The number of halogens is 3. The van der Waals surface area contributed by atoms with Gasteiger partial charge in [0, 0.05) is 66.3 Å². The van der Waals surface area contributed by atoms with Gasteiger partial charge in [0.2, 0.25) is 0 Å². The van der Waals surface area contributed by atoms with E-state index in [1.807, 2.05) is 53.5 Å². The Kier molecular flexibility index (Phi) is 7.12. The van der Waals surface area contributed by atoms with Gasteiger partial charge in [0.25, 0.3) is 0 Å². The zero-order valence-electron chi connectivity index (χ0n) is 21.6. The molecule has 0 spiro atoms. The molecule has 0 unspecified atom stereocenters. The summed E-state index contributed by atoms with van der Waals surface area (Å²) in [7, 11) is 0. The first-order chi connectivity index (χ1) is 19.5. The van der Waals surface area contributed by atoms with Gasteiger partial charge in [-0.2, -0.15) is 0 Å². The number of aromatic amines is 2. The molecule has 0 radical (unpaired) electrons. The van der Waals surface area contributed by atoms with Crippen LogP contribution in [0.1, 0.15) is 16.7 Å². The maximum atomic E-state index is 14.8. The minimum atomic E-state index is -0.296. The van der Waals surface area contributed by atoms with Crippen LogP contribution in [0.5, 0.6) is 0 Å². The molecular weight excluding hydrogens is 509 g/mol. The second-order valence-corrected chi connectivity index (χ2v) is 9.75. The molecule has 0 aliphatic heterocycles. The Labute approximate surface area is 230 Å². The van der Waals surface area contributed by atoms with Gasteiger partial charge >= 0.3 is 0 Å². The predicted molar refractivity (Wildman–Crippen MR) is 152 cm³/mol. The number of H-pyrrole nitrogens is 2. The van der Waals surface area contributed by atoms with Crippen molar-refractivity contribution in [2.24, 2.45) is 0 Å². The van der Waals surface area contributed by atoms with Crippen LogP contribution in [0.4, 0.5) is 13.2 Å². The Hall–Kier alpha value is -4.75. The van der Waals surface area contributed by atoms with Crippen LogP contribution < -0.4 is 5.32 Å². The van der Waals surface area contributed by atoms with Crippen LogP contribution >= 0.6 is 0 Å². The highest BCUT2D eigenvalue weighted by Gasteiger charge is 2.14. The largest absolute Gasteiger partial charge is 0.361 e. The molecule has 4 nitrogen and oxygen atoms in total. The van der Waals surface area contributed by atoms with Crippen LogP contribution in [-0.2, 0) is 19.6 Å². The van der Waals surface area contributed by atoms with E-state index in [1.54, 1.807) is 42.5 Å². The summed E-state index contributed by atoms with van der Waals surface area (Å²) in [5, 5.41) is 3.43. The first-order valence-corrected chi connectivity index (χ1v) is 13.0. The molecule has 0 aliphatic rings. The third kappa shape index (κ3) is 5.37. The number of hydrogen-bond donors (Lipinski definition) is 3. The molecule has 0 atom stereocenters. The van der Waals surface area contributed by atoms with Crippen LogP contribution in [0.3, 0.4) is 0 Å². The predicted octanol–water partition coefficient (Wildman–Crippen LogP) is 7.90. The minimum Gasteiger partial charge on any atom is -0.361 e. The van der Waals surface area contributed by atoms with E-state index >= 15 is 0 Å². The van der Waals surface area contributed by atoms with E-state index in [0.717, 1.165) is 28.1 Å². The van der Waals surface area contributed by atoms with Gasteiger partial charge in [-0.1, -0.05) is 36.4 Å². The van der Waals surface area contributed by atoms with E-state index in [1.165, 1.54) is 18.2 Å². The lowest BCUT2D eigenvalue weighted by Gasteiger charge is -2.09. The van der Waals surface area contributed by atoms with Gasteiger partial charge in [-0.3, -0.25) is 0 Å². The van der Waals surface area contributed by atoms with Crippen LogP contribution in [0.15, 0.2) is 110 Å². The molecule has 0 amide bonds. The highest BCUT2D eigenvalue weighted by molar-refractivity contribution is 5.64. The minimum absolute atomic E-state index is 0.269. The lowest BCUT2D eigenvalue weighted by atomic mass is 10.1. The third-order valence-corrected chi connectivity index (χ3v) is 6.93. The normalized spacial score (nSPS) is 11.3. The lowest BCUT2D eigenvalue weighted by Crippen LogP contribution is -2.11. The second kappa shape index (κ2) is 11.2. The second-order valence-electron chi connectivity index (χ2n) is 9.75. The molecule has 3 aromatic carbocycles. The number of hydrogen-bond acceptors (Lipinski definition) is 1. The highest BCUT2D eigenvalue weighted by Crippen LogP contribution is 2.28. The number of nitrogens with one attached hydrogen (secondary N) is 3. The van der Waals surface area contributed by atoms with E-state index in [9.17, 15) is 13.2 Å². The van der Waals surface area contributed by atoms with E-state index in [-0.39, 0.29) is 17.5 Å². The van der Waals surface area contributed by atoms with Crippen molar-refractivity contribution < 1.29 is 13.2 Å². The van der Waals surface area contributed by atoms with Gasteiger partial charge < -0.3 is 19.9 Å². The zero-order chi connectivity index (χ0) is 27.5. The first kappa shape index (κ1) is 25.5. The smallest absolute Gasteiger partial charge is 0.132 e. The van der Waals surface area contributed by atoms with Crippen LogP contribution in [0.2, 0.25) is 0 Å². The molecule has 40 heavy (non-hydrogen) atoms. The Morgan fingerprint density at radius 1 is 0.575 bits per heavy atom. The number of nitrogens with zero attached hydrogens (tertiary/aromatic N) is 1. The fourth-order valence-corrected chi connectivity index (χ4v) is 4.98. The van der Waals surface area contributed by atoms with Crippen LogP contribution in [0, 0.1) is 17.5 Å². The van der Waals surface area contributed by atoms with E-state index < -0.39 is 0 Å². The molecule has 6 aromatic rings. The van der Waals surface area contributed by atoms with Crippen LogP contribution in [0.25, 0.3) is 33.8 Å². The average Bonchev–Trinajstić information content (AvgIpc) is 3.71. The van der Waals surface area contributed by atoms with Crippen molar-refractivity contribution >= 4 is 0 Å². The van der Waals surface area contributed by atoms with Crippen molar-refractivity contribution in [1.82, 2.24) is 19.9 Å². The number of benzene rings is 3. The summed E-state index contributed by atoms with van der Waals surface area (Å²) in [6, 6.07) is 25.9. The van der Waals surface area contributed by atoms with Gasteiger partial charge in [0.05, 0.1) is 5.69 Å². The van der Waals surface area contributed by atoms with Gasteiger partial charge in [-0.25, -0.2) is 13.2 Å². The quantitative estimate of drug-likeness (QED) is 0.173. The molecule has 3 aromatic heterocycles. The molecule has 0 saturated carbocycles. The fraction of sp³-hybridized carbons (Fsp3) is 0.0909. The van der Waals surface area contributed by atoms with Crippen molar-refractivity contribution in [1.29, 1.82) is 0 Å². The molecule has 0 aliphatic carbocycles. The zero-order valence-corrected chi connectivity index (χ0v) is 21.6. The Balaban J connectivity index is 1.20. The van der Waals surface area contributed by atoms with Gasteiger partial charge in [0.15, 0.2) is 0 Å². The molecule has 3 N–H and O–H groups in total. The standard InChI is InChI=1S/C33H27F3N4/c34-28-10-4-1-7-25(28)31-13-22(18-38-31)16-37-17-24-15-33(27-9-3-6-12-30(27)36)40(21-24)20-23-14-32(39-19-23)26-8-2-5-11-29(26)35/h1-15,18-19,21,37-39H,16-17,20H2. The highest BCUT2D eigenvalue weighted by atomic mass is 19.1. The van der Waals surface area contributed by atoms with E-state index in [2.05, 4.69) is 15.3 Å². The Morgan fingerprint density at radius 3 is 1.68 bits per heavy atom. The fourth-order valence-electron chi connectivity index (χ4n) is 4.98. The molecule has 0 saturated heterocycles. The Bertz CT molecular complexity index is 1760. The maximum absolute atomic E-state index is 14.8. The summed E-state index contributed by atoms with van der Waals surface area (Å²) >= 11 is 0. The van der Waals surface area contributed by atoms with E-state index in [4.69, 9.17) is 0 Å². The molecular formula is C33H27F3N4. The third-order valence-electron chi connectivity index (χ3n) is 6.93. The summed E-state index contributed by atoms with van der Waals surface area (Å²) < 4.78 is 45.3. The van der Waals surface area contributed by atoms with Crippen molar-refractivity contribution in [2.75, 3.05) is 0 Å². The number of rotatable bonds is 9. The average molecular weight is 537 g/mol. The van der Waals surface area contributed by atoms with Gasteiger partial charge in [0.1, 0.15) is 17.5 Å². The topological polar surface area (TPSA) is 48.5 Å². The van der Waals surface area contributed by atoms with E-state index in [0.29, 0.717) is 42.0 Å². The van der Waals surface area contributed by atoms with Crippen molar-refractivity contribution in [3.8, 4) is 33.8 Å². The molecule has 3 heterocycles. The summed E-state index contributed by atoms with van der Waals surface area (Å²) in [5.41, 5.74) is 6.66.